The second-order valence-electron chi connectivity index (χ2n) is 6.73. The molecule has 0 saturated heterocycles. The largest absolute Gasteiger partial charge is 0.484 e. The van der Waals surface area contributed by atoms with Gasteiger partial charge in [-0.1, -0.05) is 49.4 Å². The molecule has 0 bridgehead atoms. The molecule has 0 spiro atoms. The van der Waals surface area contributed by atoms with Gasteiger partial charge in [0.25, 0.3) is 5.91 Å². The summed E-state index contributed by atoms with van der Waals surface area (Å²) in [6, 6.07) is 18.2. The average molecular weight is 383 g/mol. The Hall–Kier alpha value is -3.02. The monoisotopic (exact) mass is 382 g/mol. The molecule has 0 aliphatic heterocycles. The Morgan fingerprint density at radius 1 is 1.14 bits per heavy atom. The lowest BCUT2D eigenvalue weighted by Crippen LogP contribution is -2.44. The Morgan fingerprint density at radius 3 is 2.57 bits per heavy atom. The third-order valence-electron chi connectivity index (χ3n) is 4.48. The van der Waals surface area contributed by atoms with E-state index in [4.69, 9.17) is 10.5 Å². The molecule has 0 heterocycles. The number of guanidine groups is 1. The first kappa shape index (κ1) is 21.3. The fourth-order valence-electron chi connectivity index (χ4n) is 2.76. The zero-order valence-corrected chi connectivity index (χ0v) is 16.8. The normalized spacial score (nSPS) is 13.5. The minimum Gasteiger partial charge on any atom is -0.484 e. The molecule has 4 N–H and O–H groups in total. The molecule has 6 heteroatoms. The number of hydrogen-bond acceptors (Lipinski definition) is 3. The predicted octanol–water partition coefficient (Wildman–Crippen LogP) is 2.80. The number of amides is 1. The summed E-state index contributed by atoms with van der Waals surface area (Å²) in [5, 5.41) is 6.78. The van der Waals surface area contributed by atoms with E-state index in [0.717, 1.165) is 18.1 Å². The number of nitrogens with two attached hydrogens (primary N) is 1. The second-order valence-corrected chi connectivity index (χ2v) is 6.73. The summed E-state index contributed by atoms with van der Waals surface area (Å²) >= 11 is 0. The highest BCUT2D eigenvalue weighted by molar-refractivity contribution is 5.80. The molecule has 1 amide bonds. The minimum absolute atomic E-state index is 0.133. The molecule has 2 unspecified atom stereocenters. The van der Waals surface area contributed by atoms with Crippen LogP contribution in [0.5, 0.6) is 5.75 Å². The maximum atomic E-state index is 10.9. The van der Waals surface area contributed by atoms with Crippen molar-refractivity contribution in [2.24, 2.45) is 10.7 Å². The molecule has 0 aliphatic rings. The maximum Gasteiger partial charge on any atom is 0.255 e. The highest BCUT2D eigenvalue weighted by Gasteiger charge is 2.15. The van der Waals surface area contributed by atoms with E-state index in [1.807, 2.05) is 31.2 Å². The molecule has 2 atom stereocenters. The lowest BCUT2D eigenvalue weighted by Gasteiger charge is -2.24. The van der Waals surface area contributed by atoms with Crippen molar-refractivity contribution in [3.05, 3.63) is 65.7 Å². The van der Waals surface area contributed by atoms with Crippen LogP contribution in [0.2, 0.25) is 0 Å². The summed E-state index contributed by atoms with van der Waals surface area (Å²) < 4.78 is 5.35. The number of carbonyl (C=O) groups is 1. The van der Waals surface area contributed by atoms with Crippen LogP contribution in [0.15, 0.2) is 59.6 Å². The van der Waals surface area contributed by atoms with Crippen molar-refractivity contribution in [2.75, 3.05) is 13.2 Å². The summed E-state index contributed by atoms with van der Waals surface area (Å²) in [5.74, 6) is 1.22. The van der Waals surface area contributed by atoms with Gasteiger partial charge in [-0.2, -0.15) is 0 Å². The molecule has 2 aromatic carbocycles. The van der Waals surface area contributed by atoms with Crippen molar-refractivity contribution in [2.45, 2.75) is 39.3 Å². The molecule has 0 aromatic heterocycles. The van der Waals surface area contributed by atoms with Gasteiger partial charge in [0.15, 0.2) is 12.6 Å². The molecule has 0 fully saturated rings. The van der Waals surface area contributed by atoms with Gasteiger partial charge in [-0.3, -0.25) is 4.79 Å². The zero-order chi connectivity index (χ0) is 20.4. The molecule has 28 heavy (non-hydrogen) atoms. The average Bonchev–Trinajstić information content (AvgIpc) is 2.71. The van der Waals surface area contributed by atoms with Crippen molar-refractivity contribution in [3.8, 4) is 5.75 Å². The van der Waals surface area contributed by atoms with Crippen molar-refractivity contribution in [1.82, 2.24) is 10.6 Å². The van der Waals surface area contributed by atoms with Gasteiger partial charge in [-0.25, -0.2) is 4.99 Å². The summed E-state index contributed by atoms with van der Waals surface area (Å²) in [7, 11) is 0. The van der Waals surface area contributed by atoms with Gasteiger partial charge in [0, 0.05) is 18.5 Å². The van der Waals surface area contributed by atoms with Crippen LogP contribution >= 0.6 is 0 Å². The van der Waals surface area contributed by atoms with E-state index >= 15 is 0 Å². The Balaban J connectivity index is 2.01. The number of nitrogens with zero attached hydrogens (tertiary/aromatic N) is 1. The van der Waals surface area contributed by atoms with Crippen molar-refractivity contribution in [1.29, 1.82) is 0 Å². The van der Waals surface area contributed by atoms with Crippen LogP contribution in [0.4, 0.5) is 0 Å². The van der Waals surface area contributed by atoms with Gasteiger partial charge < -0.3 is 21.1 Å². The number of benzene rings is 2. The topological polar surface area (TPSA) is 88.7 Å². The lowest BCUT2D eigenvalue weighted by molar-refractivity contribution is -0.119. The minimum atomic E-state index is -0.497. The van der Waals surface area contributed by atoms with Gasteiger partial charge in [0.05, 0.1) is 6.54 Å². The zero-order valence-electron chi connectivity index (χ0n) is 16.8. The Kier molecular flexibility index (Phi) is 8.34. The van der Waals surface area contributed by atoms with Crippen LogP contribution < -0.4 is 21.1 Å². The Bertz CT molecular complexity index is 777. The first-order valence-electron chi connectivity index (χ1n) is 9.59. The van der Waals surface area contributed by atoms with Crippen molar-refractivity contribution < 1.29 is 9.53 Å². The van der Waals surface area contributed by atoms with E-state index in [2.05, 4.69) is 53.7 Å². The molecule has 2 rings (SSSR count). The number of carbonyl (C=O) groups excluding carboxylic acids is 1. The predicted molar refractivity (Wildman–Crippen MR) is 113 cm³/mol. The van der Waals surface area contributed by atoms with Gasteiger partial charge in [-0.15, -0.1) is 0 Å². The molecule has 6 nitrogen and oxygen atoms in total. The molecular formula is C22H30N4O2. The molecular weight excluding hydrogens is 352 g/mol. The Morgan fingerprint density at radius 2 is 1.89 bits per heavy atom. The summed E-state index contributed by atoms with van der Waals surface area (Å²) in [6.07, 6.45) is 0. The van der Waals surface area contributed by atoms with E-state index in [1.165, 1.54) is 5.56 Å². The first-order valence-corrected chi connectivity index (χ1v) is 9.59. The smallest absolute Gasteiger partial charge is 0.255 e. The van der Waals surface area contributed by atoms with Gasteiger partial charge in [-0.05, 0) is 37.1 Å². The number of hydrogen-bond donors (Lipinski definition) is 3. The molecule has 2 aromatic rings. The highest BCUT2D eigenvalue weighted by Crippen LogP contribution is 2.18. The number of primary amides is 1. The summed E-state index contributed by atoms with van der Waals surface area (Å²) in [4.78, 5) is 15.5. The quantitative estimate of drug-likeness (QED) is 0.460. The fraction of sp³-hybridized carbons (Fsp3) is 0.364. The van der Waals surface area contributed by atoms with Gasteiger partial charge in [0.1, 0.15) is 5.75 Å². The summed E-state index contributed by atoms with van der Waals surface area (Å²) in [6.45, 7) is 7.54. The van der Waals surface area contributed by atoms with E-state index in [1.54, 1.807) is 6.07 Å². The molecule has 0 radical (unpaired) electrons. The van der Waals surface area contributed by atoms with E-state index in [-0.39, 0.29) is 12.6 Å². The summed E-state index contributed by atoms with van der Waals surface area (Å²) in [5.41, 5.74) is 7.40. The SMILES string of the molecule is CCNC(=NCc1cccc(OCC(N)=O)c1)NC(C)C(C)c1ccccc1. The van der Waals surface area contributed by atoms with E-state index in [9.17, 15) is 4.79 Å². The number of rotatable bonds is 9. The van der Waals surface area contributed by atoms with Gasteiger partial charge >= 0.3 is 0 Å². The Labute approximate surface area is 167 Å². The molecule has 0 aliphatic carbocycles. The number of aliphatic imine (C=N–C) groups is 1. The van der Waals surface area contributed by atoms with Crippen LogP contribution in [0.1, 0.15) is 37.8 Å². The third kappa shape index (κ3) is 6.95. The maximum absolute atomic E-state index is 10.9. The molecule has 150 valence electrons. The van der Waals surface area contributed by atoms with Crippen LogP contribution in [0, 0.1) is 0 Å². The fourth-order valence-corrected chi connectivity index (χ4v) is 2.76. The highest BCUT2D eigenvalue weighted by atomic mass is 16.5. The first-order chi connectivity index (χ1) is 13.5. The number of nitrogens with one attached hydrogen (secondary N) is 2. The lowest BCUT2D eigenvalue weighted by atomic mass is 9.94. The van der Waals surface area contributed by atoms with Crippen LogP contribution in [0.3, 0.4) is 0 Å². The van der Waals surface area contributed by atoms with Crippen LogP contribution in [0.25, 0.3) is 0 Å². The standard InChI is InChI=1S/C22H30N4O2/c1-4-24-22(26-17(3)16(2)19-10-6-5-7-11-19)25-14-18-9-8-12-20(13-18)28-15-21(23)27/h5-13,16-17H,4,14-15H2,1-3H3,(H2,23,27)(H2,24,25,26). The third-order valence-corrected chi connectivity index (χ3v) is 4.48. The van der Waals surface area contributed by atoms with E-state index < -0.39 is 5.91 Å². The van der Waals surface area contributed by atoms with Crippen molar-refractivity contribution in [3.63, 3.8) is 0 Å². The molecule has 0 saturated carbocycles. The second kappa shape index (κ2) is 11.0. The van der Waals surface area contributed by atoms with Crippen molar-refractivity contribution >= 4 is 11.9 Å². The van der Waals surface area contributed by atoms with Crippen LogP contribution in [-0.4, -0.2) is 31.1 Å². The van der Waals surface area contributed by atoms with E-state index in [0.29, 0.717) is 18.2 Å². The van der Waals surface area contributed by atoms with Crippen LogP contribution in [-0.2, 0) is 11.3 Å². The number of ether oxygens (including phenoxy) is 1. The van der Waals surface area contributed by atoms with Gasteiger partial charge in [0.2, 0.25) is 0 Å².